The van der Waals surface area contributed by atoms with Crippen LogP contribution in [0.25, 0.3) is 4.85 Å². The number of hydrogen-bond acceptors (Lipinski definition) is 21. The van der Waals surface area contributed by atoms with Gasteiger partial charge in [0, 0.05) is 57.0 Å². The molecular weight excluding hydrogens is 1010 g/mol. The largest absolute Gasteiger partial charge is 0.468 e. The minimum Gasteiger partial charge on any atom is -0.468 e. The molecule has 1 amide bonds. The Morgan fingerprint density at radius 3 is 2.20 bits per heavy atom. The standard InChI is InChI=1S/C47H71N3O15S5/c1-12-67-43(66)69-47(10,42(57)62-25-26-68-70-36-15-13-14-19-49-36)29-44(7,40(55)50-27-31(2)52)16-17-45(8,28-46(9,48-11)18-20-59-30-51)41(56)61-24-22-58-21-23-60-39-38(65-35(6)54)37(64-34(5)53)32(3)33(4)63-39/h13-15,19,30-33,37-39,52H,12,16-18,20-29H2,1-10H3,(H,50,55)/t31?,32-,33+,37-,38-,39+,44?,45?,46?,47?/m0/s1. The maximum atomic E-state index is 14.3. The van der Waals surface area contributed by atoms with Gasteiger partial charge in [-0.3, -0.25) is 28.8 Å². The number of nitrogens with one attached hydrogen (secondary N) is 1. The van der Waals surface area contributed by atoms with Gasteiger partial charge >= 0.3 is 23.9 Å². The Kier molecular flexibility index (Phi) is 28.2. The smallest absolute Gasteiger partial charge is 0.322 e. The number of aliphatic hydroxyl groups excluding tert-OH is 1. The molecule has 0 spiro atoms. The highest BCUT2D eigenvalue weighted by Crippen LogP contribution is 2.47. The van der Waals surface area contributed by atoms with Gasteiger partial charge in [0.05, 0.1) is 50.5 Å². The number of rotatable bonds is 32. The van der Waals surface area contributed by atoms with E-state index in [1.54, 1.807) is 40.8 Å². The van der Waals surface area contributed by atoms with Gasteiger partial charge < -0.3 is 53.2 Å². The molecule has 0 aromatic carbocycles. The summed E-state index contributed by atoms with van der Waals surface area (Å²) < 4.78 is 44.2. The molecule has 1 aromatic rings. The highest BCUT2D eigenvalue weighted by atomic mass is 33.1. The minimum absolute atomic E-state index is 0.000375. The third-order valence-corrected chi connectivity index (χ3v) is 16.3. The first-order valence-electron chi connectivity index (χ1n) is 23.0. The molecule has 2 rings (SSSR count). The molecule has 0 radical (unpaired) electrons. The SMILES string of the molecule is [C-]#[N+]C(C)(CCOC=O)CC(C)(CCC(C)(CC(C)(SC(=S)SCC)C(=O)OCCSSc1ccccn1)C(=O)NCC(C)O)C(=O)OCCOCCO[C@@H]1O[C@H](C)[C@H](C)[C@H](OC(C)=O)[C@@H]1OC(C)=O. The van der Waals surface area contributed by atoms with Crippen molar-refractivity contribution in [1.82, 2.24) is 10.3 Å². The second-order valence-electron chi connectivity index (χ2n) is 17.9. The zero-order valence-corrected chi connectivity index (χ0v) is 45.9. The number of amides is 1. The van der Waals surface area contributed by atoms with Crippen LogP contribution in [0.15, 0.2) is 29.4 Å². The molecule has 1 saturated heterocycles. The fraction of sp³-hybridized carbons (Fsp3) is 0.723. The third-order valence-electron chi connectivity index (χ3n) is 11.4. The average Bonchev–Trinajstić information content (AvgIpc) is 3.29. The molecule has 0 aliphatic carbocycles. The van der Waals surface area contributed by atoms with Crippen molar-refractivity contribution in [3.05, 3.63) is 35.8 Å². The van der Waals surface area contributed by atoms with E-state index in [9.17, 15) is 33.9 Å². The van der Waals surface area contributed by atoms with E-state index in [2.05, 4.69) is 15.1 Å². The summed E-state index contributed by atoms with van der Waals surface area (Å²) in [6.07, 6.45) is -2.52. The molecule has 394 valence electrons. The van der Waals surface area contributed by atoms with Crippen LogP contribution in [0.4, 0.5) is 0 Å². The molecule has 1 aliphatic rings. The molecule has 0 saturated carbocycles. The van der Waals surface area contributed by atoms with Crippen LogP contribution >= 0.6 is 57.3 Å². The second kappa shape index (κ2) is 31.4. The Morgan fingerprint density at radius 1 is 0.929 bits per heavy atom. The molecule has 2 heterocycles. The molecule has 10 atom stereocenters. The Labute approximate surface area is 434 Å². The minimum atomic E-state index is -1.41. The molecule has 23 heteroatoms. The average molecular weight is 1080 g/mol. The number of carbonyl (C=O) groups excluding carboxylic acids is 6. The van der Waals surface area contributed by atoms with Crippen molar-refractivity contribution in [3.63, 3.8) is 0 Å². The summed E-state index contributed by atoms with van der Waals surface area (Å²) in [5, 5.41) is 13.8. The maximum absolute atomic E-state index is 14.3. The van der Waals surface area contributed by atoms with E-state index in [4.69, 9.17) is 56.7 Å². The lowest BCUT2D eigenvalue weighted by atomic mass is 9.68. The van der Waals surface area contributed by atoms with E-state index in [0.29, 0.717) is 15.0 Å². The zero-order valence-electron chi connectivity index (χ0n) is 41.8. The van der Waals surface area contributed by atoms with Crippen LogP contribution < -0.4 is 5.32 Å². The molecule has 70 heavy (non-hydrogen) atoms. The first kappa shape index (κ1) is 62.9. The number of pyridine rings is 1. The van der Waals surface area contributed by atoms with Gasteiger partial charge in [0.15, 0.2) is 12.4 Å². The number of aliphatic hydroxyl groups is 1. The number of hydrogen-bond donors (Lipinski definition) is 2. The van der Waals surface area contributed by atoms with Gasteiger partial charge in [-0.1, -0.05) is 61.6 Å². The second-order valence-corrected chi connectivity index (χ2v) is 24.3. The number of aromatic nitrogens is 1. The van der Waals surface area contributed by atoms with Gasteiger partial charge in [-0.05, 0) is 75.6 Å². The highest BCUT2D eigenvalue weighted by molar-refractivity contribution is 8.76. The summed E-state index contributed by atoms with van der Waals surface area (Å²) >= 11 is 8.20. The van der Waals surface area contributed by atoms with Crippen LogP contribution in [0.3, 0.4) is 0 Å². The molecular formula is C47H71N3O15S5. The fourth-order valence-electron chi connectivity index (χ4n) is 7.59. The van der Waals surface area contributed by atoms with Gasteiger partial charge in [0.25, 0.3) is 6.47 Å². The van der Waals surface area contributed by atoms with Crippen LogP contribution in [0.1, 0.15) is 101 Å². The van der Waals surface area contributed by atoms with Crippen molar-refractivity contribution in [2.45, 2.75) is 147 Å². The van der Waals surface area contributed by atoms with Gasteiger partial charge in [-0.15, -0.1) is 11.8 Å². The Balaban J connectivity index is 2.33. The zero-order chi connectivity index (χ0) is 52.5. The lowest BCUT2D eigenvalue weighted by Gasteiger charge is -2.43. The van der Waals surface area contributed by atoms with Gasteiger partial charge in [0.1, 0.15) is 32.6 Å². The van der Waals surface area contributed by atoms with E-state index >= 15 is 0 Å². The van der Waals surface area contributed by atoms with Crippen molar-refractivity contribution in [3.8, 4) is 0 Å². The van der Waals surface area contributed by atoms with Crippen LogP contribution in [0.2, 0.25) is 0 Å². The quantitative estimate of drug-likeness (QED) is 0.0140. The molecule has 1 aromatic heterocycles. The topological polar surface area (TPSA) is 226 Å². The van der Waals surface area contributed by atoms with Crippen LogP contribution in [-0.4, -0.2) is 149 Å². The highest BCUT2D eigenvalue weighted by Gasteiger charge is 2.51. The van der Waals surface area contributed by atoms with Crippen molar-refractivity contribution >= 4 is 97.1 Å². The number of thioether (sulfide) groups is 2. The molecule has 18 nitrogen and oxygen atoms in total. The number of nitrogens with zero attached hydrogens (tertiary/aromatic N) is 2. The monoisotopic (exact) mass is 1080 g/mol. The third kappa shape index (κ3) is 21.9. The van der Waals surface area contributed by atoms with Crippen LogP contribution in [0, 0.1) is 23.3 Å². The normalized spacial score (nSPS) is 21.7. The van der Waals surface area contributed by atoms with Crippen molar-refractivity contribution in [2.75, 3.05) is 57.7 Å². The first-order chi connectivity index (χ1) is 33.0. The van der Waals surface area contributed by atoms with E-state index in [-0.39, 0.29) is 90.7 Å². The van der Waals surface area contributed by atoms with Gasteiger partial charge in [0.2, 0.25) is 11.4 Å². The number of carbonyl (C=O) groups is 6. The molecule has 1 fully saturated rings. The Bertz CT molecular complexity index is 1900. The number of thiocarbonyl (C=S) groups is 1. The summed E-state index contributed by atoms with van der Waals surface area (Å²) in [6.45, 7) is 24.2. The molecule has 2 N–H and O–H groups in total. The number of esters is 4. The van der Waals surface area contributed by atoms with Gasteiger partial charge in [-0.2, -0.15) is 0 Å². The fourth-order valence-corrected chi connectivity index (χ4v) is 12.5. The number of ether oxygens (including phenoxy) is 8. The van der Waals surface area contributed by atoms with Crippen molar-refractivity contribution < 1.29 is 71.8 Å². The summed E-state index contributed by atoms with van der Waals surface area (Å²) in [5.74, 6) is -2.10. The van der Waals surface area contributed by atoms with Crippen LogP contribution in [0.5, 0.6) is 0 Å². The predicted molar refractivity (Wildman–Crippen MR) is 274 cm³/mol. The van der Waals surface area contributed by atoms with Crippen molar-refractivity contribution in [1.29, 1.82) is 0 Å². The lowest BCUT2D eigenvalue weighted by molar-refractivity contribution is -0.288. The molecule has 1 aliphatic heterocycles. The Morgan fingerprint density at radius 2 is 1.59 bits per heavy atom. The summed E-state index contributed by atoms with van der Waals surface area (Å²) in [6, 6.07) is 5.58. The molecule has 0 bridgehead atoms. The van der Waals surface area contributed by atoms with Crippen LogP contribution in [-0.2, 0) is 66.7 Å². The predicted octanol–water partition coefficient (Wildman–Crippen LogP) is 7.03. The van der Waals surface area contributed by atoms with E-state index < -0.39 is 81.6 Å². The maximum Gasteiger partial charge on any atom is 0.322 e. The van der Waals surface area contributed by atoms with E-state index in [1.807, 2.05) is 32.0 Å². The summed E-state index contributed by atoms with van der Waals surface area (Å²) in [4.78, 5) is 85.9. The Hall–Kier alpha value is -3.21. The summed E-state index contributed by atoms with van der Waals surface area (Å²) in [7, 11) is 2.92. The lowest BCUT2D eigenvalue weighted by Crippen LogP contribution is -2.56. The van der Waals surface area contributed by atoms with E-state index in [0.717, 1.165) is 16.8 Å². The molecule has 5 unspecified atom stereocenters. The van der Waals surface area contributed by atoms with Gasteiger partial charge in [-0.25, -0.2) is 11.6 Å². The van der Waals surface area contributed by atoms with E-state index in [1.165, 1.54) is 54.1 Å². The summed E-state index contributed by atoms with van der Waals surface area (Å²) in [5.41, 5.74) is -4.00. The van der Waals surface area contributed by atoms with Crippen molar-refractivity contribution in [2.24, 2.45) is 16.7 Å². The first-order valence-corrected chi connectivity index (χ1v) is 27.5.